The number of rotatable bonds is 7. The molecule has 2 N–H and O–H groups in total. The van der Waals surface area contributed by atoms with Gasteiger partial charge in [0.2, 0.25) is 11.8 Å². The Hall–Kier alpha value is -2.23. The van der Waals surface area contributed by atoms with Gasteiger partial charge in [0.25, 0.3) is 10.1 Å². The third kappa shape index (κ3) is 4.29. The second-order valence-corrected chi connectivity index (χ2v) is 8.62. The summed E-state index contributed by atoms with van der Waals surface area (Å²) in [6.07, 6.45) is 0.177. The number of aryl methyl sites for hydroxylation is 1. The van der Waals surface area contributed by atoms with Crippen LogP contribution in [0, 0.1) is 6.92 Å². The molecule has 1 saturated heterocycles. The predicted octanol–water partition coefficient (Wildman–Crippen LogP) is 0.988. The van der Waals surface area contributed by atoms with Gasteiger partial charge in [-0.1, -0.05) is 23.8 Å². The van der Waals surface area contributed by atoms with Crippen LogP contribution in [0.15, 0.2) is 46.7 Å². The summed E-state index contributed by atoms with van der Waals surface area (Å²) < 4.78 is 29.4. The van der Waals surface area contributed by atoms with Crippen LogP contribution in [0.25, 0.3) is 0 Å². The molecule has 0 saturated carbocycles. The van der Waals surface area contributed by atoms with Gasteiger partial charge in [0, 0.05) is 4.88 Å². The maximum Gasteiger partial charge on any atom is 0.297 e. The first-order chi connectivity index (χ1) is 12.3. The van der Waals surface area contributed by atoms with Crippen LogP contribution < -0.4 is 10.6 Å². The Morgan fingerprint density at radius 1 is 1.27 bits per heavy atom. The van der Waals surface area contributed by atoms with Gasteiger partial charge in [0.15, 0.2) is 0 Å². The fourth-order valence-electron chi connectivity index (χ4n) is 2.48. The first-order valence-electron chi connectivity index (χ1n) is 7.93. The monoisotopic (exact) mass is 394 g/mol. The van der Waals surface area contributed by atoms with Gasteiger partial charge >= 0.3 is 0 Å². The van der Waals surface area contributed by atoms with Gasteiger partial charge in [-0.25, -0.2) is 0 Å². The van der Waals surface area contributed by atoms with E-state index in [2.05, 4.69) is 10.6 Å². The summed E-state index contributed by atoms with van der Waals surface area (Å²) in [5.74, 6) is -0.649. The van der Waals surface area contributed by atoms with Crippen molar-refractivity contribution < 1.29 is 22.2 Å². The zero-order chi connectivity index (χ0) is 18.7. The van der Waals surface area contributed by atoms with E-state index in [1.54, 1.807) is 12.1 Å². The predicted molar refractivity (Wildman–Crippen MR) is 96.2 cm³/mol. The zero-order valence-electron chi connectivity index (χ0n) is 14.0. The van der Waals surface area contributed by atoms with Crippen molar-refractivity contribution in [3.8, 4) is 0 Å². The van der Waals surface area contributed by atoms with Gasteiger partial charge in [-0.2, -0.15) is 8.42 Å². The number of β-lactam (4-membered cyclic amide) rings is 1. The molecular weight excluding hydrogens is 376 g/mol. The highest BCUT2D eigenvalue weighted by Crippen LogP contribution is 2.16. The lowest BCUT2D eigenvalue weighted by atomic mass is 10.00. The summed E-state index contributed by atoms with van der Waals surface area (Å²) in [4.78, 5) is 24.6. The lowest BCUT2D eigenvalue weighted by molar-refractivity contribution is -0.136. The molecule has 9 heteroatoms. The van der Waals surface area contributed by atoms with Crippen LogP contribution in [-0.4, -0.2) is 38.9 Å². The molecule has 0 spiro atoms. The molecule has 0 bridgehead atoms. The summed E-state index contributed by atoms with van der Waals surface area (Å²) in [5, 5.41) is 7.03. The highest BCUT2D eigenvalue weighted by atomic mass is 32.2. The molecule has 0 aliphatic carbocycles. The largest absolute Gasteiger partial charge is 0.347 e. The summed E-state index contributed by atoms with van der Waals surface area (Å²) >= 11 is 1.45. The smallest absolute Gasteiger partial charge is 0.297 e. The van der Waals surface area contributed by atoms with Gasteiger partial charge in [0.05, 0.1) is 24.0 Å². The number of amides is 2. The quantitative estimate of drug-likeness (QED) is 0.539. The molecule has 138 valence electrons. The third-order valence-electron chi connectivity index (χ3n) is 3.96. The van der Waals surface area contributed by atoms with E-state index in [0.29, 0.717) is 0 Å². The van der Waals surface area contributed by atoms with Crippen molar-refractivity contribution in [3.63, 3.8) is 0 Å². The lowest BCUT2D eigenvalue weighted by Gasteiger charge is -2.36. The lowest BCUT2D eigenvalue weighted by Crippen LogP contribution is -2.70. The topological polar surface area (TPSA) is 102 Å². The van der Waals surface area contributed by atoms with Gasteiger partial charge < -0.3 is 10.6 Å². The van der Waals surface area contributed by atoms with E-state index in [1.165, 1.54) is 23.5 Å². The Morgan fingerprint density at radius 2 is 2.00 bits per heavy atom. The first kappa shape index (κ1) is 18.6. The third-order valence-corrected chi connectivity index (χ3v) is 6.13. The SMILES string of the molecule is Cc1ccc(S(=O)(=O)OC[C@H]2NC(=O)[C@H]2NC(=O)Cc2cccs2)cc1. The van der Waals surface area contributed by atoms with E-state index in [-0.39, 0.29) is 29.7 Å². The normalized spacial score (nSPS) is 19.5. The molecule has 1 aromatic carbocycles. The summed E-state index contributed by atoms with van der Waals surface area (Å²) in [6, 6.07) is 8.57. The standard InChI is InChI=1S/C17H18N2O5S2/c1-11-4-6-13(7-5-11)26(22,23)24-10-14-16(17(21)18-14)19-15(20)9-12-3-2-8-25-12/h2-8,14,16H,9-10H2,1H3,(H,18,21)(H,19,20)/t14-,16+/m1/s1. The molecule has 2 aromatic rings. The number of carbonyl (C=O) groups excluding carboxylic acids is 2. The average Bonchev–Trinajstić information content (AvgIpc) is 3.10. The Kier molecular flexibility index (Phi) is 5.40. The van der Waals surface area contributed by atoms with E-state index >= 15 is 0 Å². The molecule has 2 amide bonds. The maximum atomic E-state index is 12.2. The average molecular weight is 394 g/mol. The molecule has 1 fully saturated rings. The van der Waals surface area contributed by atoms with Crippen molar-refractivity contribution in [3.05, 3.63) is 52.2 Å². The minimum atomic E-state index is -3.92. The number of benzene rings is 1. The van der Waals surface area contributed by atoms with Crippen LogP contribution in [-0.2, 0) is 30.3 Å². The number of hydrogen-bond acceptors (Lipinski definition) is 6. The Balaban J connectivity index is 1.55. The van der Waals surface area contributed by atoms with Crippen molar-refractivity contribution in [2.24, 2.45) is 0 Å². The summed E-state index contributed by atoms with van der Waals surface area (Å²) in [5.41, 5.74) is 0.934. The van der Waals surface area contributed by atoms with Crippen LogP contribution in [0.4, 0.5) is 0 Å². The number of hydrogen-bond donors (Lipinski definition) is 2. The van der Waals surface area contributed by atoms with E-state index in [4.69, 9.17) is 4.18 Å². The second kappa shape index (κ2) is 7.56. The fraction of sp³-hybridized carbons (Fsp3) is 0.294. The number of carbonyl (C=O) groups is 2. The first-order valence-corrected chi connectivity index (χ1v) is 10.2. The highest BCUT2D eigenvalue weighted by molar-refractivity contribution is 7.86. The minimum Gasteiger partial charge on any atom is -0.347 e. The second-order valence-electron chi connectivity index (χ2n) is 5.97. The molecule has 2 atom stereocenters. The van der Waals surface area contributed by atoms with Crippen LogP contribution in [0.5, 0.6) is 0 Å². The van der Waals surface area contributed by atoms with Crippen molar-refractivity contribution in [2.75, 3.05) is 6.61 Å². The fourth-order valence-corrected chi connectivity index (χ4v) is 4.11. The number of thiophene rings is 1. The molecular formula is C17H18N2O5S2. The van der Waals surface area contributed by atoms with E-state index in [9.17, 15) is 18.0 Å². The molecule has 3 rings (SSSR count). The molecule has 7 nitrogen and oxygen atoms in total. The molecule has 1 aromatic heterocycles. The molecule has 0 radical (unpaired) electrons. The molecule has 2 heterocycles. The Labute approximate surface area is 155 Å². The van der Waals surface area contributed by atoms with Crippen LogP contribution in [0.2, 0.25) is 0 Å². The molecule has 1 aliphatic rings. The number of nitrogens with one attached hydrogen (secondary N) is 2. The van der Waals surface area contributed by atoms with Gasteiger partial charge in [0.1, 0.15) is 6.04 Å². The summed E-state index contributed by atoms with van der Waals surface area (Å²) in [7, 11) is -3.92. The van der Waals surface area contributed by atoms with E-state index in [1.807, 2.05) is 24.4 Å². The Morgan fingerprint density at radius 3 is 2.62 bits per heavy atom. The van der Waals surface area contributed by atoms with Crippen LogP contribution >= 0.6 is 11.3 Å². The van der Waals surface area contributed by atoms with Gasteiger partial charge in [-0.05, 0) is 30.5 Å². The van der Waals surface area contributed by atoms with E-state index in [0.717, 1.165) is 10.4 Å². The van der Waals surface area contributed by atoms with Crippen molar-refractivity contribution in [1.29, 1.82) is 0 Å². The molecule has 0 unspecified atom stereocenters. The minimum absolute atomic E-state index is 0.0482. The van der Waals surface area contributed by atoms with Crippen LogP contribution in [0.3, 0.4) is 0 Å². The van der Waals surface area contributed by atoms with Gasteiger partial charge in [-0.3, -0.25) is 13.8 Å². The molecule has 26 heavy (non-hydrogen) atoms. The highest BCUT2D eigenvalue weighted by Gasteiger charge is 2.41. The molecule has 1 aliphatic heterocycles. The van der Waals surface area contributed by atoms with Gasteiger partial charge in [-0.15, -0.1) is 11.3 Å². The van der Waals surface area contributed by atoms with Crippen molar-refractivity contribution >= 4 is 33.3 Å². The zero-order valence-corrected chi connectivity index (χ0v) is 15.6. The van der Waals surface area contributed by atoms with E-state index < -0.39 is 22.2 Å². The van der Waals surface area contributed by atoms with Crippen LogP contribution in [0.1, 0.15) is 10.4 Å². The van der Waals surface area contributed by atoms with Crippen molar-refractivity contribution in [2.45, 2.75) is 30.3 Å². The Bertz CT molecular complexity index is 892. The maximum absolute atomic E-state index is 12.2. The van der Waals surface area contributed by atoms with Crippen molar-refractivity contribution in [1.82, 2.24) is 10.6 Å². The summed E-state index contributed by atoms with van der Waals surface area (Å²) in [6.45, 7) is 1.61.